The van der Waals surface area contributed by atoms with Crippen LogP contribution in [0.2, 0.25) is 0 Å². The molecule has 0 spiro atoms. The average Bonchev–Trinajstić information content (AvgIpc) is 2.99. The SMILES string of the molecule is C=CC[C@@H](NC(=O)N1C(=O)C(CC)(CC)C1OCC(=O)CCN(CC)C(=O)OCc1ccccc1)c1ccc(C)cc1. The van der Waals surface area contributed by atoms with Gasteiger partial charge in [0.05, 0.1) is 11.5 Å². The molecule has 1 saturated heterocycles. The van der Waals surface area contributed by atoms with Crippen LogP contribution >= 0.6 is 0 Å². The number of ether oxygens (including phenoxy) is 2. The minimum Gasteiger partial charge on any atom is -0.445 e. The van der Waals surface area contributed by atoms with E-state index in [1.54, 1.807) is 6.08 Å². The van der Waals surface area contributed by atoms with Crippen LogP contribution in [-0.2, 0) is 25.7 Å². The quantitative estimate of drug-likeness (QED) is 0.208. The van der Waals surface area contributed by atoms with Gasteiger partial charge in [0.15, 0.2) is 12.0 Å². The van der Waals surface area contributed by atoms with Crippen LogP contribution < -0.4 is 5.32 Å². The number of urea groups is 1. The van der Waals surface area contributed by atoms with Crippen molar-refractivity contribution in [2.45, 2.75) is 72.3 Å². The molecule has 9 heteroatoms. The average molecular weight is 578 g/mol. The van der Waals surface area contributed by atoms with Crippen molar-refractivity contribution in [1.29, 1.82) is 0 Å². The number of imide groups is 1. The van der Waals surface area contributed by atoms with E-state index in [0.29, 0.717) is 25.8 Å². The summed E-state index contributed by atoms with van der Waals surface area (Å²) in [7, 11) is 0. The maximum absolute atomic E-state index is 13.4. The van der Waals surface area contributed by atoms with E-state index in [-0.39, 0.29) is 43.9 Å². The summed E-state index contributed by atoms with van der Waals surface area (Å²) in [6.45, 7) is 11.8. The monoisotopic (exact) mass is 577 g/mol. The van der Waals surface area contributed by atoms with Gasteiger partial charge in [-0.15, -0.1) is 6.58 Å². The van der Waals surface area contributed by atoms with Crippen LogP contribution in [-0.4, -0.2) is 59.5 Å². The first-order chi connectivity index (χ1) is 20.2. The van der Waals surface area contributed by atoms with E-state index in [1.165, 1.54) is 4.90 Å². The van der Waals surface area contributed by atoms with Crippen LogP contribution in [0.5, 0.6) is 0 Å². The van der Waals surface area contributed by atoms with Crippen molar-refractivity contribution in [3.05, 3.63) is 83.9 Å². The molecule has 9 nitrogen and oxygen atoms in total. The molecule has 226 valence electrons. The molecule has 0 aromatic heterocycles. The first-order valence-corrected chi connectivity index (χ1v) is 14.6. The molecule has 1 aliphatic rings. The molecule has 2 aromatic carbocycles. The number of hydrogen-bond donors (Lipinski definition) is 1. The third kappa shape index (κ3) is 7.64. The number of hydrogen-bond acceptors (Lipinski definition) is 6. The number of amides is 4. The highest BCUT2D eigenvalue weighted by molar-refractivity contribution is 6.03. The fraction of sp³-hybridized carbons (Fsp3) is 0.455. The molecule has 2 atom stereocenters. The normalized spacial score (nSPS) is 16.2. The van der Waals surface area contributed by atoms with Crippen molar-refractivity contribution in [3.8, 4) is 0 Å². The molecule has 1 fully saturated rings. The first kappa shape index (κ1) is 32.5. The molecule has 0 aliphatic carbocycles. The lowest BCUT2D eigenvalue weighted by molar-refractivity contribution is -0.210. The topological polar surface area (TPSA) is 105 Å². The number of β-lactam (4-membered cyclic amide) rings is 1. The van der Waals surface area contributed by atoms with Crippen LogP contribution in [0.4, 0.5) is 9.59 Å². The number of likely N-dealkylation sites (tertiary alicyclic amines) is 1. The summed E-state index contributed by atoms with van der Waals surface area (Å²) < 4.78 is 11.4. The van der Waals surface area contributed by atoms with Gasteiger partial charge in [-0.05, 0) is 44.2 Å². The van der Waals surface area contributed by atoms with Crippen LogP contribution in [0.3, 0.4) is 0 Å². The Kier molecular flexibility index (Phi) is 11.9. The highest BCUT2D eigenvalue weighted by Gasteiger charge is 2.62. The molecule has 3 rings (SSSR count). The number of ketones is 1. The second-order valence-corrected chi connectivity index (χ2v) is 10.5. The summed E-state index contributed by atoms with van der Waals surface area (Å²) >= 11 is 0. The fourth-order valence-electron chi connectivity index (χ4n) is 5.12. The second-order valence-electron chi connectivity index (χ2n) is 10.5. The molecule has 2 aromatic rings. The van der Waals surface area contributed by atoms with Gasteiger partial charge in [-0.1, -0.05) is 80.1 Å². The van der Waals surface area contributed by atoms with Crippen molar-refractivity contribution < 1.29 is 28.7 Å². The maximum atomic E-state index is 13.4. The standard InChI is InChI=1S/C33H43N3O6/c1-6-13-28(26-18-16-24(5)17-19-26)34-31(39)36-29(38)33(7-2,8-3)30(36)41-23-27(37)20-21-35(9-4)32(40)42-22-25-14-11-10-12-15-25/h6,10-12,14-19,28,30H,1,7-9,13,20-23H2,2-5H3,(H,34,39)/t28-,30?/m1/s1. The Bertz CT molecular complexity index is 1230. The van der Waals surface area contributed by atoms with E-state index in [4.69, 9.17) is 9.47 Å². The smallest absolute Gasteiger partial charge is 0.410 e. The molecule has 42 heavy (non-hydrogen) atoms. The first-order valence-electron chi connectivity index (χ1n) is 14.6. The molecular formula is C33H43N3O6. The Morgan fingerprint density at radius 3 is 2.33 bits per heavy atom. The number of carbonyl (C=O) groups is 4. The Morgan fingerprint density at radius 2 is 1.74 bits per heavy atom. The Hall–Kier alpha value is -3.98. The van der Waals surface area contributed by atoms with Gasteiger partial charge >= 0.3 is 12.1 Å². The Morgan fingerprint density at radius 1 is 1.07 bits per heavy atom. The van der Waals surface area contributed by atoms with Crippen LogP contribution in [0.25, 0.3) is 0 Å². The highest BCUT2D eigenvalue weighted by atomic mass is 16.6. The van der Waals surface area contributed by atoms with Crippen LogP contribution in [0.15, 0.2) is 67.3 Å². The van der Waals surface area contributed by atoms with Gasteiger partial charge in [-0.25, -0.2) is 14.5 Å². The molecule has 0 radical (unpaired) electrons. The van der Waals surface area contributed by atoms with Gasteiger partial charge in [0.2, 0.25) is 5.91 Å². The second kappa shape index (κ2) is 15.3. The lowest BCUT2D eigenvalue weighted by Gasteiger charge is -2.53. The summed E-state index contributed by atoms with van der Waals surface area (Å²) in [5, 5.41) is 2.95. The van der Waals surface area contributed by atoms with Crippen molar-refractivity contribution in [3.63, 3.8) is 0 Å². The lowest BCUT2D eigenvalue weighted by atomic mass is 9.72. The van der Waals surface area contributed by atoms with E-state index in [0.717, 1.165) is 21.6 Å². The zero-order valence-corrected chi connectivity index (χ0v) is 25.1. The predicted octanol–water partition coefficient (Wildman–Crippen LogP) is 5.93. The van der Waals surface area contributed by atoms with Gasteiger partial charge in [0, 0.05) is 19.5 Å². The van der Waals surface area contributed by atoms with Crippen LogP contribution in [0, 0.1) is 12.3 Å². The maximum Gasteiger partial charge on any atom is 0.410 e. The third-order valence-electron chi connectivity index (χ3n) is 7.92. The molecule has 1 unspecified atom stereocenters. The van der Waals surface area contributed by atoms with E-state index < -0.39 is 23.8 Å². The number of nitrogens with one attached hydrogen (secondary N) is 1. The molecule has 0 saturated carbocycles. The molecule has 1 aliphatic heterocycles. The van der Waals surface area contributed by atoms with Gasteiger partial charge in [-0.2, -0.15) is 0 Å². The summed E-state index contributed by atoms with van der Waals surface area (Å²) in [4.78, 5) is 54.5. The third-order valence-corrected chi connectivity index (χ3v) is 7.92. The number of nitrogens with zero attached hydrogens (tertiary/aromatic N) is 2. The summed E-state index contributed by atoms with van der Waals surface area (Å²) in [6, 6.07) is 16.2. The number of Topliss-reactive ketones (excluding diaryl/α,β-unsaturated/α-hetero) is 1. The number of carbonyl (C=O) groups excluding carboxylic acids is 4. The van der Waals surface area contributed by atoms with E-state index in [2.05, 4.69) is 11.9 Å². The molecule has 4 amide bonds. The van der Waals surface area contributed by atoms with E-state index in [9.17, 15) is 19.2 Å². The fourth-order valence-corrected chi connectivity index (χ4v) is 5.12. The van der Waals surface area contributed by atoms with E-state index in [1.807, 2.05) is 82.3 Å². The largest absolute Gasteiger partial charge is 0.445 e. The molecular weight excluding hydrogens is 534 g/mol. The minimum atomic E-state index is -0.883. The zero-order valence-electron chi connectivity index (χ0n) is 25.1. The van der Waals surface area contributed by atoms with Crippen molar-refractivity contribution in [1.82, 2.24) is 15.1 Å². The van der Waals surface area contributed by atoms with Gasteiger partial charge in [0.25, 0.3) is 0 Å². The predicted molar refractivity (Wildman–Crippen MR) is 160 cm³/mol. The lowest BCUT2D eigenvalue weighted by Crippen LogP contribution is -2.72. The Labute approximate surface area is 248 Å². The summed E-state index contributed by atoms with van der Waals surface area (Å²) in [5.41, 5.74) is 1.99. The van der Waals surface area contributed by atoms with Crippen LogP contribution in [0.1, 0.15) is 69.2 Å². The zero-order chi connectivity index (χ0) is 30.7. The number of rotatable bonds is 15. The number of benzene rings is 2. The van der Waals surface area contributed by atoms with Gasteiger partial charge in [-0.3, -0.25) is 9.59 Å². The molecule has 1 N–H and O–H groups in total. The van der Waals surface area contributed by atoms with Gasteiger partial charge in [0.1, 0.15) is 13.2 Å². The van der Waals surface area contributed by atoms with Crippen molar-refractivity contribution >= 4 is 23.8 Å². The van der Waals surface area contributed by atoms with E-state index >= 15 is 0 Å². The Balaban J connectivity index is 1.59. The molecule has 1 heterocycles. The summed E-state index contributed by atoms with van der Waals surface area (Å²) in [5.74, 6) is -0.559. The highest BCUT2D eigenvalue weighted by Crippen LogP contribution is 2.46. The van der Waals surface area contributed by atoms with Gasteiger partial charge < -0.3 is 19.7 Å². The number of aryl methyl sites for hydroxylation is 1. The van der Waals surface area contributed by atoms with Crippen molar-refractivity contribution in [2.75, 3.05) is 19.7 Å². The van der Waals surface area contributed by atoms with Crippen molar-refractivity contribution in [2.24, 2.45) is 5.41 Å². The molecule has 0 bridgehead atoms. The minimum absolute atomic E-state index is 0.0568. The summed E-state index contributed by atoms with van der Waals surface area (Å²) in [6.07, 6.45) is 1.82.